The van der Waals surface area contributed by atoms with E-state index in [1.807, 2.05) is 45.8 Å². The molecule has 0 unspecified atom stereocenters. The van der Waals surface area contributed by atoms with Crippen LogP contribution in [0.4, 0.5) is 0 Å². The molecule has 0 saturated heterocycles. The second-order valence-electron chi connectivity index (χ2n) is 5.73. The van der Waals surface area contributed by atoms with Gasteiger partial charge >= 0.3 is 0 Å². The summed E-state index contributed by atoms with van der Waals surface area (Å²) < 4.78 is 3.80. The Morgan fingerprint density at radius 1 is 1.32 bits per heavy atom. The van der Waals surface area contributed by atoms with E-state index in [1.165, 1.54) is 0 Å². The number of nitrogens with one attached hydrogen (secondary N) is 1. The minimum Gasteiger partial charge on any atom is -0.375 e. The maximum Gasteiger partial charge on any atom is 0.184 e. The monoisotopic (exact) mass is 353 g/mol. The molecule has 128 valence electrons. The zero-order chi connectivity index (χ0) is 17.8. The molecule has 3 rings (SSSR count). The second kappa shape index (κ2) is 7.27. The molecule has 2 heterocycles. The molecule has 0 atom stereocenters. The summed E-state index contributed by atoms with van der Waals surface area (Å²) in [6, 6.07) is 9.94. The summed E-state index contributed by atoms with van der Waals surface area (Å²) in [4.78, 5) is 4.16. The highest BCUT2D eigenvalue weighted by Crippen LogP contribution is 2.26. The Bertz CT molecular complexity index is 879. The third kappa shape index (κ3) is 3.58. The summed E-state index contributed by atoms with van der Waals surface area (Å²) >= 11 is 4.81. The molecule has 7 nitrogen and oxygen atoms in total. The zero-order valence-electron chi connectivity index (χ0n) is 14.0. The molecular formula is C17H19N7S. The number of aromatic nitrogens is 4. The van der Waals surface area contributed by atoms with E-state index in [0.717, 1.165) is 22.8 Å². The topological polar surface area (TPSA) is 86.0 Å². The summed E-state index contributed by atoms with van der Waals surface area (Å²) in [5.41, 5.74) is 10.8. The maximum absolute atomic E-state index is 5.45. The first kappa shape index (κ1) is 16.8. The molecule has 3 N–H and O–H groups in total. The Morgan fingerprint density at radius 2 is 2.08 bits per heavy atom. The van der Waals surface area contributed by atoms with Crippen LogP contribution in [-0.4, -0.2) is 30.7 Å². The van der Waals surface area contributed by atoms with Gasteiger partial charge in [0.15, 0.2) is 10.9 Å². The van der Waals surface area contributed by atoms with Crippen LogP contribution in [-0.2, 0) is 0 Å². The fourth-order valence-electron chi connectivity index (χ4n) is 2.53. The SMILES string of the molecule is CC(C)c1nn(-c2ccccc2)c(-n2ccnc2)c1/C=N/NC(N)=S. The van der Waals surface area contributed by atoms with Crippen molar-refractivity contribution in [2.45, 2.75) is 19.8 Å². The largest absolute Gasteiger partial charge is 0.375 e. The van der Waals surface area contributed by atoms with E-state index in [9.17, 15) is 0 Å². The number of imidazole rings is 1. The number of rotatable bonds is 5. The Balaban J connectivity index is 2.22. The highest BCUT2D eigenvalue weighted by molar-refractivity contribution is 7.80. The summed E-state index contributed by atoms with van der Waals surface area (Å²) in [6.07, 6.45) is 7.03. The van der Waals surface area contributed by atoms with Crippen LogP contribution < -0.4 is 11.2 Å². The van der Waals surface area contributed by atoms with Gasteiger partial charge in [0.2, 0.25) is 0 Å². The molecule has 25 heavy (non-hydrogen) atoms. The molecule has 0 aliphatic heterocycles. The van der Waals surface area contributed by atoms with Crippen LogP contribution in [0, 0.1) is 0 Å². The van der Waals surface area contributed by atoms with Crippen LogP contribution >= 0.6 is 12.2 Å². The van der Waals surface area contributed by atoms with Crippen molar-refractivity contribution >= 4 is 23.5 Å². The van der Waals surface area contributed by atoms with Gasteiger partial charge in [-0.25, -0.2) is 9.67 Å². The summed E-state index contributed by atoms with van der Waals surface area (Å²) in [5.74, 6) is 1.06. The lowest BCUT2D eigenvalue weighted by Crippen LogP contribution is -2.24. The van der Waals surface area contributed by atoms with Crippen molar-refractivity contribution in [2.24, 2.45) is 10.8 Å². The van der Waals surface area contributed by atoms with E-state index < -0.39 is 0 Å². The normalized spacial score (nSPS) is 11.3. The van der Waals surface area contributed by atoms with Crippen LogP contribution in [0.25, 0.3) is 11.5 Å². The molecule has 0 aliphatic carbocycles. The molecule has 0 spiro atoms. The summed E-state index contributed by atoms with van der Waals surface area (Å²) in [5, 5.41) is 9.06. The van der Waals surface area contributed by atoms with Gasteiger partial charge in [0.25, 0.3) is 0 Å². The molecule has 2 aromatic heterocycles. The highest BCUT2D eigenvalue weighted by atomic mass is 32.1. The lowest BCUT2D eigenvalue weighted by atomic mass is 10.1. The highest BCUT2D eigenvalue weighted by Gasteiger charge is 2.21. The fourth-order valence-corrected chi connectivity index (χ4v) is 2.58. The minimum absolute atomic E-state index is 0.113. The van der Waals surface area contributed by atoms with Crippen molar-refractivity contribution < 1.29 is 0 Å². The number of nitrogens with two attached hydrogens (primary N) is 1. The molecule has 0 saturated carbocycles. The molecule has 8 heteroatoms. The molecule has 3 aromatic rings. The van der Waals surface area contributed by atoms with Crippen molar-refractivity contribution in [3.05, 3.63) is 60.3 Å². The zero-order valence-corrected chi connectivity index (χ0v) is 14.8. The van der Waals surface area contributed by atoms with Gasteiger partial charge in [-0.3, -0.25) is 9.99 Å². The van der Waals surface area contributed by atoms with Gasteiger partial charge < -0.3 is 5.73 Å². The van der Waals surface area contributed by atoms with E-state index in [-0.39, 0.29) is 11.0 Å². The average molecular weight is 353 g/mol. The van der Waals surface area contributed by atoms with Crippen LogP contribution in [0.2, 0.25) is 0 Å². The van der Waals surface area contributed by atoms with Gasteiger partial charge in [0, 0.05) is 12.4 Å². The number of thiocarbonyl (C=S) groups is 1. The van der Waals surface area contributed by atoms with Crippen LogP contribution in [0.5, 0.6) is 0 Å². The van der Waals surface area contributed by atoms with Crippen molar-refractivity contribution in [3.63, 3.8) is 0 Å². The van der Waals surface area contributed by atoms with E-state index in [1.54, 1.807) is 18.7 Å². The van der Waals surface area contributed by atoms with E-state index in [2.05, 4.69) is 29.4 Å². The molecule has 0 radical (unpaired) electrons. The Hall–Kier alpha value is -3.00. The summed E-state index contributed by atoms with van der Waals surface area (Å²) in [6.45, 7) is 4.18. The van der Waals surface area contributed by atoms with E-state index in [0.29, 0.717) is 0 Å². The lowest BCUT2D eigenvalue weighted by Gasteiger charge is -2.08. The first-order valence-corrected chi connectivity index (χ1v) is 8.24. The Kier molecular flexibility index (Phi) is 4.90. The third-order valence-corrected chi connectivity index (χ3v) is 3.68. The van der Waals surface area contributed by atoms with Gasteiger partial charge in [0.1, 0.15) is 6.33 Å². The molecule has 1 aromatic carbocycles. The number of hydrazone groups is 1. The molecule has 0 fully saturated rings. The molecule has 0 aliphatic rings. The van der Waals surface area contributed by atoms with Crippen LogP contribution in [0.15, 0.2) is 54.2 Å². The average Bonchev–Trinajstić information content (AvgIpc) is 3.22. The number of para-hydroxylation sites is 1. The van der Waals surface area contributed by atoms with Gasteiger partial charge in [-0.1, -0.05) is 32.0 Å². The van der Waals surface area contributed by atoms with Gasteiger partial charge in [-0.15, -0.1) is 0 Å². The first-order valence-electron chi connectivity index (χ1n) is 7.83. The van der Waals surface area contributed by atoms with Crippen LogP contribution in [0.1, 0.15) is 31.0 Å². The van der Waals surface area contributed by atoms with Gasteiger partial charge in [0.05, 0.1) is 23.2 Å². The van der Waals surface area contributed by atoms with E-state index >= 15 is 0 Å². The molecule has 0 amide bonds. The standard InChI is InChI=1S/C17H19N7S/c1-12(2)15-14(10-20-21-17(18)25)16(23-9-8-19-11-23)24(22-15)13-6-4-3-5-7-13/h3-12H,1-2H3,(H3,18,21,25)/b20-10+. The third-order valence-electron chi connectivity index (χ3n) is 3.59. The summed E-state index contributed by atoms with van der Waals surface area (Å²) in [7, 11) is 0. The fraction of sp³-hybridized carbons (Fsp3) is 0.176. The maximum atomic E-state index is 5.45. The van der Waals surface area contributed by atoms with Gasteiger partial charge in [-0.05, 0) is 30.3 Å². The van der Waals surface area contributed by atoms with E-state index in [4.69, 9.17) is 23.1 Å². The van der Waals surface area contributed by atoms with Crippen molar-refractivity contribution in [1.29, 1.82) is 0 Å². The number of hydrogen-bond acceptors (Lipinski definition) is 4. The minimum atomic E-state index is 0.113. The van der Waals surface area contributed by atoms with Crippen molar-refractivity contribution in [1.82, 2.24) is 24.8 Å². The molecular weight excluding hydrogens is 334 g/mol. The number of benzene rings is 1. The second-order valence-corrected chi connectivity index (χ2v) is 6.17. The predicted molar refractivity (Wildman–Crippen MR) is 102 cm³/mol. The Morgan fingerprint density at radius 3 is 2.68 bits per heavy atom. The van der Waals surface area contributed by atoms with Gasteiger partial charge in [-0.2, -0.15) is 10.2 Å². The number of hydrogen-bond donors (Lipinski definition) is 2. The van der Waals surface area contributed by atoms with Crippen LogP contribution in [0.3, 0.4) is 0 Å². The smallest absolute Gasteiger partial charge is 0.184 e. The number of nitrogens with zero attached hydrogens (tertiary/aromatic N) is 5. The molecule has 0 bridgehead atoms. The Labute approximate surface area is 151 Å². The lowest BCUT2D eigenvalue weighted by molar-refractivity contribution is 0.755. The quantitative estimate of drug-likeness (QED) is 0.418. The van der Waals surface area contributed by atoms with Crippen molar-refractivity contribution in [3.8, 4) is 11.5 Å². The van der Waals surface area contributed by atoms with Crippen molar-refractivity contribution in [2.75, 3.05) is 0 Å². The predicted octanol–water partition coefficient (Wildman–Crippen LogP) is 2.35. The first-order chi connectivity index (χ1) is 12.1.